The van der Waals surface area contributed by atoms with Crippen LogP contribution in [0.5, 0.6) is 0 Å². The summed E-state index contributed by atoms with van der Waals surface area (Å²) in [7, 11) is 0. The monoisotopic (exact) mass is 377 g/mol. The number of hydrogen-bond donors (Lipinski definition) is 1. The Kier molecular flexibility index (Phi) is 5.06. The molecule has 130 valence electrons. The number of amides is 1. The van der Waals surface area contributed by atoms with E-state index < -0.39 is 5.69 Å². The van der Waals surface area contributed by atoms with Crippen LogP contribution >= 0.6 is 22.9 Å². The van der Waals surface area contributed by atoms with Gasteiger partial charge in [0.25, 0.3) is 5.56 Å². The predicted octanol–water partition coefficient (Wildman–Crippen LogP) is 2.93. The van der Waals surface area contributed by atoms with Gasteiger partial charge in [0.05, 0.1) is 5.52 Å². The van der Waals surface area contributed by atoms with Gasteiger partial charge in [-0.05, 0) is 42.1 Å². The number of halogens is 1. The lowest BCUT2D eigenvalue weighted by molar-refractivity contribution is -0.116. The zero-order valence-electron chi connectivity index (χ0n) is 13.5. The quantitative estimate of drug-likeness (QED) is 0.743. The molecule has 1 amide bonds. The van der Waals surface area contributed by atoms with Gasteiger partial charge in [0.15, 0.2) is 0 Å². The summed E-state index contributed by atoms with van der Waals surface area (Å²) in [5.74, 6) is -0.349. The fourth-order valence-corrected chi connectivity index (χ4v) is 3.55. The first-order valence-corrected chi connectivity index (χ1v) is 9.03. The molecule has 0 aliphatic heterocycles. The van der Waals surface area contributed by atoms with Gasteiger partial charge in [0, 0.05) is 17.3 Å². The highest BCUT2D eigenvalue weighted by molar-refractivity contribution is 7.17. The molecule has 0 saturated carbocycles. The highest BCUT2D eigenvalue weighted by Gasteiger charge is 2.16. The predicted molar refractivity (Wildman–Crippen MR) is 101 cm³/mol. The number of aromatic nitrogens is 2. The van der Waals surface area contributed by atoms with E-state index in [1.165, 1.54) is 20.5 Å². The number of carbonyl (C=O) groups excluding carboxylic acids is 1. The second kappa shape index (κ2) is 7.25. The number of thiophene rings is 1. The van der Waals surface area contributed by atoms with Gasteiger partial charge in [-0.25, -0.2) is 4.79 Å². The molecule has 0 unspecified atom stereocenters. The highest BCUT2D eigenvalue weighted by atomic mass is 35.5. The first kappa shape index (κ1) is 17.4. The zero-order chi connectivity index (χ0) is 18.0. The average molecular weight is 378 g/mol. The summed E-state index contributed by atoms with van der Waals surface area (Å²) in [4.78, 5) is 37.4. The minimum Gasteiger partial charge on any atom is -0.325 e. The van der Waals surface area contributed by atoms with Crippen molar-refractivity contribution in [1.29, 1.82) is 0 Å². The Morgan fingerprint density at radius 3 is 2.56 bits per heavy atom. The minimum atomic E-state index is -0.469. The first-order valence-electron chi connectivity index (χ1n) is 7.77. The maximum absolute atomic E-state index is 12.7. The van der Waals surface area contributed by atoms with Gasteiger partial charge in [-0.1, -0.05) is 18.5 Å². The Hall–Kier alpha value is -2.38. The molecule has 0 bridgehead atoms. The van der Waals surface area contributed by atoms with E-state index in [-0.39, 0.29) is 18.0 Å². The van der Waals surface area contributed by atoms with E-state index in [2.05, 4.69) is 5.32 Å². The number of nitrogens with one attached hydrogen (secondary N) is 1. The van der Waals surface area contributed by atoms with E-state index >= 15 is 0 Å². The molecular formula is C17H16ClN3O3S. The van der Waals surface area contributed by atoms with Gasteiger partial charge in [-0.3, -0.25) is 18.7 Å². The molecule has 3 aromatic rings. The summed E-state index contributed by atoms with van der Waals surface area (Å²) in [5.41, 5.74) is 0.305. The number of rotatable bonds is 5. The van der Waals surface area contributed by atoms with Crippen molar-refractivity contribution in [3.05, 3.63) is 61.6 Å². The second-order valence-electron chi connectivity index (χ2n) is 5.52. The third-order valence-electron chi connectivity index (χ3n) is 3.71. The molecule has 0 spiro atoms. The fraction of sp³-hybridized carbons (Fsp3) is 0.235. The van der Waals surface area contributed by atoms with E-state index in [1.54, 1.807) is 35.7 Å². The normalized spacial score (nSPS) is 11.0. The van der Waals surface area contributed by atoms with Crippen molar-refractivity contribution in [1.82, 2.24) is 9.13 Å². The molecule has 0 aliphatic carbocycles. The Labute approximate surface area is 152 Å². The second-order valence-corrected chi connectivity index (χ2v) is 6.87. The third-order valence-corrected chi connectivity index (χ3v) is 4.86. The van der Waals surface area contributed by atoms with E-state index in [0.717, 1.165) is 0 Å². The van der Waals surface area contributed by atoms with Crippen molar-refractivity contribution in [3.63, 3.8) is 0 Å². The van der Waals surface area contributed by atoms with Crippen molar-refractivity contribution in [2.75, 3.05) is 5.32 Å². The molecule has 3 rings (SSSR count). The van der Waals surface area contributed by atoms with Gasteiger partial charge in [-0.15, -0.1) is 11.3 Å². The van der Waals surface area contributed by atoms with Crippen LogP contribution in [0.15, 0.2) is 45.3 Å². The van der Waals surface area contributed by atoms with Crippen molar-refractivity contribution in [2.24, 2.45) is 0 Å². The lowest BCUT2D eigenvalue weighted by Crippen LogP contribution is -2.41. The summed E-state index contributed by atoms with van der Waals surface area (Å²) in [6.07, 6.45) is 0.656. The Balaban J connectivity index is 1.96. The maximum atomic E-state index is 12.7. The summed E-state index contributed by atoms with van der Waals surface area (Å²) < 4.78 is 3.01. The molecule has 2 aromatic heterocycles. The molecule has 1 aromatic carbocycles. The molecule has 0 fully saturated rings. The van der Waals surface area contributed by atoms with Crippen LogP contribution in [0.1, 0.15) is 13.3 Å². The minimum absolute atomic E-state index is 0.168. The number of carbonyl (C=O) groups is 1. The van der Waals surface area contributed by atoms with Crippen molar-refractivity contribution < 1.29 is 4.79 Å². The van der Waals surface area contributed by atoms with Crippen LogP contribution in [0, 0.1) is 0 Å². The Morgan fingerprint density at radius 2 is 1.88 bits per heavy atom. The van der Waals surface area contributed by atoms with Crippen LogP contribution in [0.4, 0.5) is 5.69 Å². The molecule has 0 aliphatic rings. The van der Waals surface area contributed by atoms with Crippen LogP contribution in [-0.4, -0.2) is 15.0 Å². The molecule has 25 heavy (non-hydrogen) atoms. The average Bonchev–Trinajstić information content (AvgIpc) is 3.07. The third kappa shape index (κ3) is 3.52. The van der Waals surface area contributed by atoms with Crippen LogP contribution < -0.4 is 16.6 Å². The number of benzene rings is 1. The molecule has 2 heterocycles. The number of anilines is 1. The summed E-state index contributed by atoms with van der Waals surface area (Å²) >= 11 is 7.09. The van der Waals surface area contributed by atoms with Crippen LogP contribution in [0.3, 0.4) is 0 Å². The maximum Gasteiger partial charge on any atom is 0.332 e. The molecule has 0 saturated heterocycles. The van der Waals surface area contributed by atoms with Crippen molar-refractivity contribution >= 4 is 44.7 Å². The fourth-order valence-electron chi connectivity index (χ4n) is 2.58. The van der Waals surface area contributed by atoms with Gasteiger partial charge >= 0.3 is 5.69 Å². The molecule has 0 radical (unpaired) electrons. The van der Waals surface area contributed by atoms with Gasteiger partial charge in [0.1, 0.15) is 11.2 Å². The van der Waals surface area contributed by atoms with Crippen molar-refractivity contribution in [2.45, 2.75) is 26.4 Å². The summed E-state index contributed by atoms with van der Waals surface area (Å²) in [5, 5.41) is 5.04. The van der Waals surface area contributed by atoms with Gasteiger partial charge in [0.2, 0.25) is 5.91 Å². The Morgan fingerprint density at radius 1 is 1.16 bits per heavy atom. The number of fused-ring (bicyclic) bond motifs is 1. The zero-order valence-corrected chi connectivity index (χ0v) is 15.1. The SMILES string of the molecule is CCCn1c(=O)c2sccc2n(CC(=O)Nc2ccc(Cl)cc2)c1=O. The van der Waals surface area contributed by atoms with E-state index in [1.807, 2.05) is 6.92 Å². The molecule has 8 heteroatoms. The largest absolute Gasteiger partial charge is 0.332 e. The van der Waals surface area contributed by atoms with E-state index in [4.69, 9.17) is 11.6 Å². The summed E-state index contributed by atoms with van der Waals surface area (Å²) in [6, 6.07) is 8.39. The van der Waals surface area contributed by atoms with Gasteiger partial charge < -0.3 is 5.32 Å². The highest BCUT2D eigenvalue weighted by Crippen LogP contribution is 2.16. The van der Waals surface area contributed by atoms with Crippen LogP contribution in [-0.2, 0) is 17.9 Å². The first-order chi connectivity index (χ1) is 12.0. The molecule has 1 N–H and O–H groups in total. The molecule has 6 nitrogen and oxygen atoms in total. The van der Waals surface area contributed by atoms with Gasteiger partial charge in [-0.2, -0.15) is 0 Å². The standard InChI is InChI=1S/C17H16ClN3O3S/c1-2-8-20-16(23)15-13(7-9-25-15)21(17(20)24)10-14(22)19-12-5-3-11(18)4-6-12/h3-7,9H,2,8,10H2,1H3,(H,19,22). The smallest absolute Gasteiger partial charge is 0.325 e. The lowest BCUT2D eigenvalue weighted by Gasteiger charge is -2.12. The number of nitrogens with zero attached hydrogens (tertiary/aromatic N) is 2. The van der Waals surface area contributed by atoms with Crippen molar-refractivity contribution in [3.8, 4) is 0 Å². The topological polar surface area (TPSA) is 73.1 Å². The van der Waals surface area contributed by atoms with E-state index in [9.17, 15) is 14.4 Å². The molecule has 0 atom stereocenters. The number of hydrogen-bond acceptors (Lipinski definition) is 4. The molecular weight excluding hydrogens is 362 g/mol. The Bertz CT molecular complexity index is 1030. The van der Waals surface area contributed by atoms with Crippen LogP contribution in [0.25, 0.3) is 10.2 Å². The summed E-state index contributed by atoms with van der Waals surface area (Å²) in [6.45, 7) is 2.05. The lowest BCUT2D eigenvalue weighted by atomic mass is 10.3. The van der Waals surface area contributed by atoms with E-state index in [0.29, 0.717) is 33.9 Å². The van der Waals surface area contributed by atoms with Crippen LogP contribution in [0.2, 0.25) is 5.02 Å².